The minimum atomic E-state index is -0.0846. The molecule has 0 unspecified atom stereocenters. The molecule has 1 fully saturated rings. The predicted octanol–water partition coefficient (Wildman–Crippen LogP) is 4.46. The lowest BCUT2D eigenvalue weighted by molar-refractivity contribution is 0.0951. The molecular formula is C19H21ClN2O. The average Bonchev–Trinajstić information content (AvgIpc) is 3.32. The highest BCUT2D eigenvalue weighted by atomic mass is 35.5. The first-order chi connectivity index (χ1) is 11.0. The summed E-state index contributed by atoms with van der Waals surface area (Å²) in [6.07, 6.45) is 2.14. The molecule has 0 heterocycles. The van der Waals surface area contributed by atoms with E-state index >= 15 is 0 Å². The van der Waals surface area contributed by atoms with E-state index in [0.29, 0.717) is 16.6 Å². The summed E-state index contributed by atoms with van der Waals surface area (Å²) < 4.78 is 0. The molecule has 1 amide bonds. The lowest BCUT2D eigenvalue weighted by atomic mass is 10.1. The zero-order chi connectivity index (χ0) is 16.4. The number of halogens is 1. The Kier molecular flexibility index (Phi) is 4.58. The molecule has 1 aliphatic rings. The number of nitrogens with one attached hydrogen (secondary N) is 2. The van der Waals surface area contributed by atoms with Gasteiger partial charge in [-0.2, -0.15) is 0 Å². The van der Waals surface area contributed by atoms with E-state index in [0.717, 1.165) is 25.1 Å². The fourth-order valence-corrected chi connectivity index (χ4v) is 2.75. The molecule has 0 bridgehead atoms. The number of carbonyl (C=O) groups excluding carboxylic acids is 1. The first kappa shape index (κ1) is 15.9. The number of benzene rings is 2. The van der Waals surface area contributed by atoms with E-state index in [2.05, 4.69) is 42.7 Å². The Balaban J connectivity index is 1.67. The number of anilines is 1. The summed E-state index contributed by atoms with van der Waals surface area (Å²) in [4.78, 5) is 12.1. The van der Waals surface area contributed by atoms with Gasteiger partial charge in [-0.1, -0.05) is 35.4 Å². The van der Waals surface area contributed by atoms with Crippen LogP contribution >= 0.6 is 11.6 Å². The van der Waals surface area contributed by atoms with Crippen LogP contribution < -0.4 is 10.6 Å². The standard InChI is InChI=1S/C19H21ClN2O/c1-12-3-4-13(2)14(9-12)11-21-16-7-8-17(18(20)10-16)19(23)22-15-5-6-15/h3-4,7-10,15,21H,5-6,11H2,1-2H3,(H,22,23). The second-order valence-electron chi connectivity index (χ2n) is 6.23. The van der Waals surface area contributed by atoms with Gasteiger partial charge in [0.15, 0.2) is 0 Å². The van der Waals surface area contributed by atoms with Gasteiger partial charge in [0, 0.05) is 18.3 Å². The number of aryl methyl sites for hydroxylation is 2. The topological polar surface area (TPSA) is 41.1 Å². The van der Waals surface area contributed by atoms with Gasteiger partial charge in [-0.3, -0.25) is 4.79 Å². The van der Waals surface area contributed by atoms with Gasteiger partial charge < -0.3 is 10.6 Å². The Hall–Kier alpha value is -2.00. The Bertz CT molecular complexity index is 738. The molecule has 0 radical (unpaired) electrons. The minimum Gasteiger partial charge on any atom is -0.381 e. The molecule has 0 aromatic heterocycles. The van der Waals surface area contributed by atoms with Crippen molar-refractivity contribution in [2.45, 2.75) is 39.3 Å². The number of hydrogen-bond acceptors (Lipinski definition) is 2. The molecule has 1 saturated carbocycles. The lowest BCUT2D eigenvalue weighted by Crippen LogP contribution is -2.25. The van der Waals surface area contributed by atoms with Gasteiger partial charge in [-0.05, 0) is 56.0 Å². The molecule has 1 aliphatic carbocycles. The molecule has 3 nitrogen and oxygen atoms in total. The maximum atomic E-state index is 12.1. The van der Waals surface area contributed by atoms with Crippen LogP contribution in [0, 0.1) is 13.8 Å². The molecule has 0 atom stereocenters. The highest BCUT2D eigenvalue weighted by molar-refractivity contribution is 6.34. The van der Waals surface area contributed by atoms with Crippen molar-refractivity contribution in [3.63, 3.8) is 0 Å². The zero-order valence-corrected chi connectivity index (χ0v) is 14.2. The van der Waals surface area contributed by atoms with E-state index in [4.69, 9.17) is 11.6 Å². The molecule has 23 heavy (non-hydrogen) atoms. The summed E-state index contributed by atoms with van der Waals surface area (Å²) in [5.74, 6) is -0.0846. The van der Waals surface area contributed by atoms with Crippen LogP contribution in [0.1, 0.15) is 39.9 Å². The van der Waals surface area contributed by atoms with E-state index in [-0.39, 0.29) is 5.91 Å². The second-order valence-corrected chi connectivity index (χ2v) is 6.63. The predicted molar refractivity (Wildman–Crippen MR) is 95.2 cm³/mol. The van der Waals surface area contributed by atoms with Crippen molar-refractivity contribution in [3.05, 3.63) is 63.7 Å². The average molecular weight is 329 g/mol. The summed E-state index contributed by atoms with van der Waals surface area (Å²) in [5, 5.41) is 6.81. The molecule has 2 aromatic rings. The summed E-state index contributed by atoms with van der Waals surface area (Å²) in [7, 11) is 0. The van der Waals surface area contributed by atoms with Crippen LogP contribution in [0.4, 0.5) is 5.69 Å². The number of amides is 1. The summed E-state index contributed by atoms with van der Waals surface area (Å²) in [6, 6.07) is 12.3. The molecule has 0 spiro atoms. The van der Waals surface area contributed by atoms with Gasteiger partial charge in [-0.25, -0.2) is 0 Å². The Labute approximate surface area is 142 Å². The van der Waals surface area contributed by atoms with Crippen molar-refractivity contribution in [1.82, 2.24) is 5.32 Å². The van der Waals surface area contributed by atoms with Crippen molar-refractivity contribution >= 4 is 23.2 Å². The van der Waals surface area contributed by atoms with Crippen molar-refractivity contribution in [2.75, 3.05) is 5.32 Å². The summed E-state index contributed by atoms with van der Waals surface area (Å²) in [5.41, 5.74) is 5.22. The van der Waals surface area contributed by atoms with Crippen LogP contribution in [-0.4, -0.2) is 11.9 Å². The van der Waals surface area contributed by atoms with Gasteiger partial charge in [-0.15, -0.1) is 0 Å². The van der Waals surface area contributed by atoms with Crippen LogP contribution in [0.3, 0.4) is 0 Å². The van der Waals surface area contributed by atoms with Crippen LogP contribution in [0.15, 0.2) is 36.4 Å². The van der Waals surface area contributed by atoms with E-state index < -0.39 is 0 Å². The van der Waals surface area contributed by atoms with Crippen LogP contribution in [0.5, 0.6) is 0 Å². The number of carbonyl (C=O) groups is 1. The maximum absolute atomic E-state index is 12.1. The first-order valence-electron chi connectivity index (χ1n) is 7.93. The molecular weight excluding hydrogens is 308 g/mol. The smallest absolute Gasteiger partial charge is 0.253 e. The number of hydrogen-bond donors (Lipinski definition) is 2. The van der Waals surface area contributed by atoms with E-state index in [1.165, 1.54) is 16.7 Å². The Morgan fingerprint density at radius 2 is 1.96 bits per heavy atom. The monoisotopic (exact) mass is 328 g/mol. The molecule has 0 aliphatic heterocycles. The van der Waals surface area contributed by atoms with Crippen LogP contribution in [-0.2, 0) is 6.54 Å². The van der Waals surface area contributed by atoms with Crippen molar-refractivity contribution in [3.8, 4) is 0 Å². The third-order valence-corrected chi connectivity index (χ3v) is 4.43. The third kappa shape index (κ3) is 4.05. The van der Waals surface area contributed by atoms with Crippen molar-refractivity contribution in [1.29, 1.82) is 0 Å². The molecule has 0 saturated heterocycles. The molecule has 4 heteroatoms. The molecule has 120 valence electrons. The molecule has 2 N–H and O–H groups in total. The largest absolute Gasteiger partial charge is 0.381 e. The first-order valence-corrected chi connectivity index (χ1v) is 8.31. The van der Waals surface area contributed by atoms with Gasteiger partial charge in [0.25, 0.3) is 5.91 Å². The summed E-state index contributed by atoms with van der Waals surface area (Å²) >= 11 is 6.27. The maximum Gasteiger partial charge on any atom is 0.253 e. The zero-order valence-electron chi connectivity index (χ0n) is 13.4. The quantitative estimate of drug-likeness (QED) is 0.850. The van der Waals surface area contributed by atoms with Gasteiger partial charge in [0.05, 0.1) is 10.6 Å². The minimum absolute atomic E-state index is 0.0846. The van der Waals surface area contributed by atoms with Crippen molar-refractivity contribution in [2.24, 2.45) is 0 Å². The fraction of sp³-hybridized carbons (Fsp3) is 0.316. The number of rotatable bonds is 5. The van der Waals surface area contributed by atoms with Gasteiger partial charge in [0.2, 0.25) is 0 Å². The lowest BCUT2D eigenvalue weighted by Gasteiger charge is -2.12. The summed E-state index contributed by atoms with van der Waals surface area (Å²) in [6.45, 7) is 4.93. The van der Waals surface area contributed by atoms with Crippen molar-refractivity contribution < 1.29 is 4.79 Å². The van der Waals surface area contributed by atoms with Gasteiger partial charge in [0.1, 0.15) is 0 Å². The second kappa shape index (κ2) is 6.63. The normalized spacial score (nSPS) is 13.7. The Morgan fingerprint density at radius 3 is 2.65 bits per heavy atom. The highest BCUT2D eigenvalue weighted by Crippen LogP contribution is 2.24. The van der Waals surface area contributed by atoms with Crippen LogP contribution in [0.2, 0.25) is 5.02 Å². The third-order valence-electron chi connectivity index (χ3n) is 4.11. The van der Waals surface area contributed by atoms with Crippen LogP contribution in [0.25, 0.3) is 0 Å². The van der Waals surface area contributed by atoms with E-state index in [9.17, 15) is 4.79 Å². The molecule has 3 rings (SSSR count). The van der Waals surface area contributed by atoms with E-state index in [1.807, 2.05) is 12.1 Å². The van der Waals surface area contributed by atoms with Gasteiger partial charge >= 0.3 is 0 Å². The molecule has 2 aromatic carbocycles. The Morgan fingerprint density at radius 1 is 1.17 bits per heavy atom. The van der Waals surface area contributed by atoms with E-state index in [1.54, 1.807) is 6.07 Å². The highest BCUT2D eigenvalue weighted by Gasteiger charge is 2.24. The fourth-order valence-electron chi connectivity index (χ4n) is 2.49. The SMILES string of the molecule is Cc1ccc(C)c(CNc2ccc(C(=O)NC3CC3)c(Cl)c2)c1.